The van der Waals surface area contributed by atoms with Crippen molar-refractivity contribution in [3.8, 4) is 11.5 Å². The maximum atomic E-state index is 5.69. The first-order valence-electron chi connectivity index (χ1n) is 8.41. The van der Waals surface area contributed by atoms with E-state index in [-0.39, 0.29) is 11.6 Å². The molecule has 120 valence electrons. The van der Waals surface area contributed by atoms with E-state index in [0.29, 0.717) is 6.79 Å². The van der Waals surface area contributed by atoms with Crippen molar-refractivity contribution in [1.82, 2.24) is 4.90 Å². The molecule has 0 aromatic heterocycles. The van der Waals surface area contributed by atoms with Crippen LogP contribution < -0.4 is 9.47 Å². The highest BCUT2D eigenvalue weighted by Gasteiger charge is 2.49. The highest BCUT2D eigenvalue weighted by molar-refractivity contribution is 5.57. The summed E-state index contributed by atoms with van der Waals surface area (Å²) in [5.41, 5.74) is 4.12. The van der Waals surface area contributed by atoms with Crippen LogP contribution in [0.4, 0.5) is 0 Å². The fourth-order valence-electron chi connectivity index (χ4n) is 4.65. The molecule has 23 heavy (non-hydrogen) atoms. The molecule has 0 saturated carbocycles. The molecule has 2 atom stereocenters. The lowest BCUT2D eigenvalue weighted by Crippen LogP contribution is -2.47. The quantitative estimate of drug-likeness (QED) is 0.798. The third-order valence-corrected chi connectivity index (χ3v) is 5.76. The molecule has 3 heterocycles. The predicted octanol–water partition coefficient (Wildman–Crippen LogP) is 2.77. The third-order valence-electron chi connectivity index (χ3n) is 5.76. The smallest absolute Gasteiger partial charge is 0.231 e. The van der Waals surface area contributed by atoms with E-state index in [2.05, 4.69) is 35.3 Å². The van der Waals surface area contributed by atoms with Gasteiger partial charge >= 0.3 is 0 Å². The van der Waals surface area contributed by atoms with Gasteiger partial charge in [0.2, 0.25) is 6.79 Å². The molecule has 4 aliphatic rings. The second-order valence-corrected chi connectivity index (χ2v) is 6.77. The highest BCUT2D eigenvalue weighted by atomic mass is 16.7. The SMILES string of the molecule is CO[C@H]1C=CC2=CCN3CCCc4cc5c(cc4[C@]23C1)OCO5. The average Bonchev–Trinajstić information content (AvgIpc) is 3.15. The molecule has 0 fully saturated rings. The van der Waals surface area contributed by atoms with Crippen LogP contribution in [0.1, 0.15) is 24.0 Å². The van der Waals surface area contributed by atoms with Gasteiger partial charge in [0.25, 0.3) is 0 Å². The van der Waals surface area contributed by atoms with Gasteiger partial charge in [-0.25, -0.2) is 0 Å². The lowest BCUT2D eigenvalue weighted by Gasteiger charge is -2.44. The van der Waals surface area contributed by atoms with Crippen LogP contribution in [-0.2, 0) is 16.7 Å². The Morgan fingerprint density at radius 3 is 3.00 bits per heavy atom. The van der Waals surface area contributed by atoms with E-state index in [1.807, 2.05) is 0 Å². The fourth-order valence-corrected chi connectivity index (χ4v) is 4.65. The Bertz CT molecular complexity index is 724. The van der Waals surface area contributed by atoms with Crippen molar-refractivity contribution in [2.75, 3.05) is 27.0 Å². The lowest BCUT2D eigenvalue weighted by atomic mass is 9.74. The Morgan fingerprint density at radius 1 is 1.26 bits per heavy atom. The van der Waals surface area contributed by atoms with E-state index in [9.17, 15) is 0 Å². The standard InChI is InChI=1S/C19H21NO3/c1-21-15-5-4-14-6-8-20-7-2-3-13-9-17-18(23-12-22-17)10-16(13)19(14,20)11-15/h4-6,9-10,15H,2-3,7-8,11-12H2,1H3/t15-,19-/m0/s1. The highest BCUT2D eigenvalue weighted by Crippen LogP contribution is 2.52. The molecule has 0 N–H and O–H groups in total. The van der Waals surface area contributed by atoms with Crippen molar-refractivity contribution in [2.24, 2.45) is 0 Å². The molecule has 4 heteroatoms. The van der Waals surface area contributed by atoms with Crippen molar-refractivity contribution >= 4 is 0 Å². The molecule has 0 bridgehead atoms. The Morgan fingerprint density at radius 2 is 2.13 bits per heavy atom. The van der Waals surface area contributed by atoms with E-state index in [1.54, 1.807) is 7.11 Å². The summed E-state index contributed by atoms with van der Waals surface area (Å²) < 4.78 is 17.0. The number of benzene rings is 1. The Balaban J connectivity index is 1.73. The lowest BCUT2D eigenvalue weighted by molar-refractivity contribution is 0.0587. The van der Waals surface area contributed by atoms with Crippen molar-refractivity contribution < 1.29 is 14.2 Å². The van der Waals surface area contributed by atoms with Crippen molar-refractivity contribution in [2.45, 2.75) is 30.9 Å². The number of hydrogen-bond acceptors (Lipinski definition) is 4. The van der Waals surface area contributed by atoms with Crippen LogP contribution in [-0.4, -0.2) is 38.0 Å². The minimum atomic E-state index is -0.0672. The van der Waals surface area contributed by atoms with Gasteiger partial charge in [0.1, 0.15) is 0 Å². The molecule has 4 nitrogen and oxygen atoms in total. The molecule has 0 unspecified atom stereocenters. The molecular formula is C19H21NO3. The zero-order valence-corrected chi connectivity index (χ0v) is 13.4. The predicted molar refractivity (Wildman–Crippen MR) is 86.8 cm³/mol. The summed E-state index contributed by atoms with van der Waals surface area (Å²) in [6.07, 6.45) is 10.2. The molecule has 0 saturated heterocycles. The van der Waals surface area contributed by atoms with Crippen LogP contribution in [0, 0.1) is 0 Å². The van der Waals surface area contributed by atoms with Crippen LogP contribution >= 0.6 is 0 Å². The largest absolute Gasteiger partial charge is 0.454 e. The van der Waals surface area contributed by atoms with Gasteiger partial charge in [-0.2, -0.15) is 0 Å². The Hall–Kier alpha value is -1.78. The Labute approximate surface area is 136 Å². The fraction of sp³-hybridized carbons (Fsp3) is 0.474. The summed E-state index contributed by atoms with van der Waals surface area (Å²) >= 11 is 0. The average molecular weight is 311 g/mol. The van der Waals surface area contributed by atoms with E-state index in [4.69, 9.17) is 14.2 Å². The van der Waals surface area contributed by atoms with Gasteiger partial charge in [0.05, 0.1) is 11.6 Å². The molecule has 0 radical (unpaired) electrons. The van der Waals surface area contributed by atoms with Gasteiger partial charge in [-0.05, 0) is 48.2 Å². The summed E-state index contributed by atoms with van der Waals surface area (Å²) in [6.45, 7) is 2.47. The number of nitrogens with zero attached hydrogens (tertiary/aromatic N) is 1. The summed E-state index contributed by atoms with van der Waals surface area (Å²) in [7, 11) is 1.80. The van der Waals surface area contributed by atoms with E-state index in [0.717, 1.165) is 37.4 Å². The van der Waals surface area contributed by atoms with Gasteiger partial charge in [-0.1, -0.05) is 18.2 Å². The topological polar surface area (TPSA) is 30.9 Å². The number of hydrogen-bond donors (Lipinski definition) is 0. The zero-order chi connectivity index (χ0) is 15.4. The maximum Gasteiger partial charge on any atom is 0.231 e. The van der Waals surface area contributed by atoms with Crippen molar-refractivity contribution in [3.63, 3.8) is 0 Å². The number of rotatable bonds is 1. The summed E-state index contributed by atoms with van der Waals surface area (Å²) in [5, 5.41) is 0. The van der Waals surface area contributed by atoms with Crippen LogP contribution in [0.5, 0.6) is 11.5 Å². The van der Waals surface area contributed by atoms with Crippen LogP contribution in [0.2, 0.25) is 0 Å². The molecule has 3 aliphatic heterocycles. The number of ether oxygens (including phenoxy) is 3. The normalized spacial score (nSPS) is 31.2. The minimum absolute atomic E-state index is 0.0672. The van der Waals surface area contributed by atoms with Gasteiger partial charge < -0.3 is 14.2 Å². The summed E-state index contributed by atoms with van der Waals surface area (Å²) in [4.78, 5) is 2.62. The molecular weight excluding hydrogens is 290 g/mol. The maximum absolute atomic E-state index is 5.69. The minimum Gasteiger partial charge on any atom is -0.454 e. The monoisotopic (exact) mass is 311 g/mol. The van der Waals surface area contributed by atoms with Crippen LogP contribution in [0.25, 0.3) is 0 Å². The van der Waals surface area contributed by atoms with E-state index >= 15 is 0 Å². The third kappa shape index (κ3) is 1.79. The summed E-state index contributed by atoms with van der Waals surface area (Å²) in [5.74, 6) is 1.78. The zero-order valence-electron chi connectivity index (χ0n) is 13.4. The van der Waals surface area contributed by atoms with Gasteiger partial charge in [-0.3, -0.25) is 4.90 Å². The molecule has 1 aromatic rings. The van der Waals surface area contributed by atoms with Crippen molar-refractivity contribution in [3.05, 3.63) is 47.1 Å². The van der Waals surface area contributed by atoms with Gasteiger partial charge in [0.15, 0.2) is 11.5 Å². The van der Waals surface area contributed by atoms with Crippen molar-refractivity contribution in [1.29, 1.82) is 0 Å². The van der Waals surface area contributed by atoms with Gasteiger partial charge in [-0.15, -0.1) is 0 Å². The Kier molecular flexibility index (Phi) is 2.88. The summed E-state index contributed by atoms with van der Waals surface area (Å²) in [6, 6.07) is 4.42. The first kappa shape index (κ1) is 13.6. The first-order chi connectivity index (χ1) is 11.3. The second kappa shape index (κ2) is 4.86. The number of methoxy groups -OCH3 is 1. The number of fused-ring (bicyclic) bond motifs is 2. The molecule has 1 aliphatic carbocycles. The molecule has 5 rings (SSSR count). The van der Waals surface area contributed by atoms with Gasteiger partial charge in [0, 0.05) is 20.1 Å². The van der Waals surface area contributed by atoms with Crippen LogP contribution in [0.3, 0.4) is 0 Å². The molecule has 0 amide bonds. The van der Waals surface area contributed by atoms with E-state index in [1.165, 1.54) is 23.1 Å². The van der Waals surface area contributed by atoms with Crippen LogP contribution in [0.15, 0.2) is 35.9 Å². The molecule has 1 aromatic carbocycles. The van der Waals surface area contributed by atoms with E-state index < -0.39 is 0 Å². The first-order valence-corrected chi connectivity index (χ1v) is 8.41. The number of aryl methyl sites for hydroxylation is 1. The molecule has 1 spiro atoms. The second-order valence-electron chi connectivity index (χ2n) is 6.77.